The summed E-state index contributed by atoms with van der Waals surface area (Å²) in [5, 5.41) is 0. The quantitative estimate of drug-likeness (QED) is 0.736. The van der Waals surface area contributed by atoms with E-state index in [4.69, 9.17) is 4.79 Å². The fraction of sp³-hybridized carbons (Fsp3) is 0.533. The van der Waals surface area contributed by atoms with Crippen molar-refractivity contribution in [3.8, 4) is 0 Å². The normalized spacial score (nSPS) is 16.1. The van der Waals surface area contributed by atoms with E-state index in [1.165, 1.54) is 48.3 Å². The molecule has 1 fully saturated rings. The van der Waals surface area contributed by atoms with Crippen LogP contribution in [-0.2, 0) is 4.79 Å². The fourth-order valence-corrected chi connectivity index (χ4v) is 3.48. The molecule has 0 amide bonds. The minimum absolute atomic E-state index is 0.976. The van der Waals surface area contributed by atoms with Crippen LogP contribution in [-0.4, -0.2) is 12.5 Å². The Morgan fingerprint density at radius 3 is 2.59 bits per heavy atom. The minimum Gasteiger partial charge on any atom is -0.307 e. The Morgan fingerprint density at radius 1 is 1.24 bits per heavy atom. The Hall–Kier alpha value is -0.760. The van der Waals surface area contributed by atoms with Gasteiger partial charge < -0.3 is 4.79 Å². The standard InChI is InChI=1S/C14H20S.CH2O/c1-12-6-5-9-14(10-12)15-11-13-7-3-2-4-8-13;1-2/h5-6,9-10,13H,2-4,7-8,11H2,1H3;1H2. The van der Waals surface area contributed by atoms with E-state index in [1.807, 2.05) is 18.6 Å². The summed E-state index contributed by atoms with van der Waals surface area (Å²) in [6, 6.07) is 8.87. The van der Waals surface area contributed by atoms with Crippen LogP contribution in [0.25, 0.3) is 0 Å². The topological polar surface area (TPSA) is 17.1 Å². The van der Waals surface area contributed by atoms with Crippen LogP contribution in [0.4, 0.5) is 0 Å². The third-order valence-electron chi connectivity index (χ3n) is 3.20. The maximum Gasteiger partial charge on any atom is 0.106 e. The monoisotopic (exact) mass is 250 g/mol. The van der Waals surface area contributed by atoms with Gasteiger partial charge in [0.05, 0.1) is 0 Å². The van der Waals surface area contributed by atoms with Gasteiger partial charge in [0.15, 0.2) is 0 Å². The van der Waals surface area contributed by atoms with Gasteiger partial charge in [-0.05, 0) is 37.8 Å². The van der Waals surface area contributed by atoms with Gasteiger partial charge in [0, 0.05) is 10.6 Å². The molecule has 1 saturated carbocycles. The van der Waals surface area contributed by atoms with Crippen molar-refractivity contribution in [3.05, 3.63) is 29.8 Å². The van der Waals surface area contributed by atoms with Crippen molar-refractivity contribution in [2.75, 3.05) is 5.75 Å². The fourth-order valence-electron chi connectivity index (χ4n) is 2.27. The molecule has 94 valence electrons. The molecule has 1 nitrogen and oxygen atoms in total. The van der Waals surface area contributed by atoms with Crippen LogP contribution in [0, 0.1) is 12.8 Å². The SMILES string of the molecule is C=O.Cc1cccc(SCC2CCCCC2)c1. The van der Waals surface area contributed by atoms with E-state index in [1.54, 1.807) is 0 Å². The van der Waals surface area contributed by atoms with Crippen molar-refractivity contribution in [2.24, 2.45) is 5.92 Å². The van der Waals surface area contributed by atoms with Crippen molar-refractivity contribution in [1.82, 2.24) is 0 Å². The van der Waals surface area contributed by atoms with Crippen LogP contribution < -0.4 is 0 Å². The number of benzene rings is 1. The molecule has 1 aromatic carbocycles. The lowest BCUT2D eigenvalue weighted by atomic mass is 9.91. The molecule has 1 aromatic rings. The molecule has 0 heterocycles. The molecular formula is C15H22OS. The molecule has 0 N–H and O–H groups in total. The van der Waals surface area contributed by atoms with E-state index in [0.29, 0.717) is 0 Å². The van der Waals surface area contributed by atoms with Crippen molar-refractivity contribution < 1.29 is 4.79 Å². The number of thioether (sulfide) groups is 1. The highest BCUT2D eigenvalue weighted by atomic mass is 32.2. The van der Waals surface area contributed by atoms with Gasteiger partial charge in [-0.3, -0.25) is 0 Å². The second-order valence-corrected chi connectivity index (χ2v) is 5.72. The van der Waals surface area contributed by atoms with Crippen molar-refractivity contribution in [2.45, 2.75) is 43.9 Å². The van der Waals surface area contributed by atoms with Gasteiger partial charge in [0.2, 0.25) is 0 Å². The molecule has 0 radical (unpaired) electrons. The van der Waals surface area contributed by atoms with Gasteiger partial charge in [-0.1, -0.05) is 37.0 Å². The number of carbonyl (C=O) groups excluding carboxylic acids is 1. The Bertz CT molecular complexity index is 318. The van der Waals surface area contributed by atoms with Crippen molar-refractivity contribution in [3.63, 3.8) is 0 Å². The third-order valence-corrected chi connectivity index (χ3v) is 4.43. The van der Waals surface area contributed by atoms with E-state index in [9.17, 15) is 0 Å². The Kier molecular flexibility index (Phi) is 7.02. The molecule has 1 aliphatic rings. The molecule has 2 heteroatoms. The molecule has 0 aromatic heterocycles. The van der Waals surface area contributed by atoms with Crippen molar-refractivity contribution in [1.29, 1.82) is 0 Å². The van der Waals surface area contributed by atoms with Crippen LogP contribution in [0.3, 0.4) is 0 Å². The predicted molar refractivity (Wildman–Crippen MR) is 75.6 cm³/mol. The summed E-state index contributed by atoms with van der Waals surface area (Å²) in [4.78, 5) is 9.44. The molecule has 1 aliphatic carbocycles. The first-order valence-electron chi connectivity index (χ1n) is 6.33. The summed E-state index contributed by atoms with van der Waals surface area (Å²) >= 11 is 2.04. The summed E-state index contributed by atoms with van der Waals surface area (Å²) < 4.78 is 0. The van der Waals surface area contributed by atoms with Crippen molar-refractivity contribution >= 4 is 18.6 Å². The average molecular weight is 250 g/mol. The lowest BCUT2D eigenvalue weighted by Crippen LogP contribution is -2.08. The third kappa shape index (κ3) is 5.40. The molecule has 0 aliphatic heterocycles. The van der Waals surface area contributed by atoms with E-state index < -0.39 is 0 Å². The van der Waals surface area contributed by atoms with Crippen LogP contribution in [0.1, 0.15) is 37.7 Å². The Morgan fingerprint density at radius 2 is 1.94 bits per heavy atom. The largest absolute Gasteiger partial charge is 0.307 e. The second kappa shape index (κ2) is 8.35. The van der Waals surface area contributed by atoms with Gasteiger partial charge in [-0.25, -0.2) is 0 Å². The highest BCUT2D eigenvalue weighted by molar-refractivity contribution is 7.99. The van der Waals surface area contributed by atoms with Gasteiger partial charge in [-0.15, -0.1) is 11.8 Å². The Balaban J connectivity index is 0.000000686. The molecule has 0 unspecified atom stereocenters. The maximum atomic E-state index is 8.00. The van der Waals surface area contributed by atoms with Crippen LogP contribution >= 0.6 is 11.8 Å². The number of aryl methyl sites for hydroxylation is 1. The molecule has 17 heavy (non-hydrogen) atoms. The maximum absolute atomic E-state index is 8.00. The average Bonchev–Trinajstić information content (AvgIpc) is 2.40. The van der Waals surface area contributed by atoms with E-state index in [2.05, 4.69) is 31.2 Å². The summed E-state index contributed by atoms with van der Waals surface area (Å²) in [5.41, 5.74) is 1.38. The Labute approximate surface area is 109 Å². The zero-order valence-electron chi connectivity index (χ0n) is 10.7. The van der Waals surface area contributed by atoms with Gasteiger partial charge in [0.25, 0.3) is 0 Å². The van der Waals surface area contributed by atoms with E-state index >= 15 is 0 Å². The van der Waals surface area contributed by atoms with E-state index in [0.717, 1.165) is 5.92 Å². The predicted octanol–water partition coefficient (Wildman–Crippen LogP) is 4.48. The second-order valence-electron chi connectivity index (χ2n) is 4.63. The first-order valence-corrected chi connectivity index (χ1v) is 7.31. The number of carbonyl (C=O) groups is 1. The minimum atomic E-state index is 0.976. The van der Waals surface area contributed by atoms with Crippen LogP contribution in [0.2, 0.25) is 0 Å². The zero-order valence-corrected chi connectivity index (χ0v) is 11.5. The van der Waals surface area contributed by atoms with Gasteiger partial charge in [0.1, 0.15) is 6.79 Å². The molecule has 0 bridgehead atoms. The van der Waals surface area contributed by atoms with Crippen LogP contribution in [0.5, 0.6) is 0 Å². The van der Waals surface area contributed by atoms with Crippen LogP contribution in [0.15, 0.2) is 29.2 Å². The van der Waals surface area contributed by atoms with E-state index in [-0.39, 0.29) is 0 Å². The molecular weight excluding hydrogens is 228 g/mol. The molecule has 0 spiro atoms. The summed E-state index contributed by atoms with van der Waals surface area (Å²) in [5.74, 6) is 2.30. The highest BCUT2D eigenvalue weighted by Gasteiger charge is 2.13. The first-order chi connectivity index (χ1) is 8.34. The summed E-state index contributed by atoms with van der Waals surface area (Å²) in [6.07, 6.45) is 7.29. The highest BCUT2D eigenvalue weighted by Crippen LogP contribution is 2.30. The number of hydrogen-bond donors (Lipinski definition) is 0. The van der Waals surface area contributed by atoms with Gasteiger partial charge >= 0.3 is 0 Å². The number of hydrogen-bond acceptors (Lipinski definition) is 2. The molecule has 0 saturated heterocycles. The lowest BCUT2D eigenvalue weighted by molar-refractivity contribution is -0.0979. The smallest absolute Gasteiger partial charge is 0.106 e. The molecule has 2 rings (SSSR count). The lowest BCUT2D eigenvalue weighted by Gasteiger charge is -2.20. The first kappa shape index (κ1) is 14.3. The van der Waals surface area contributed by atoms with Gasteiger partial charge in [-0.2, -0.15) is 0 Å². The molecule has 0 atom stereocenters. The summed E-state index contributed by atoms with van der Waals surface area (Å²) in [7, 11) is 0. The summed E-state index contributed by atoms with van der Waals surface area (Å²) in [6.45, 7) is 4.17. The zero-order chi connectivity index (χ0) is 12.5. The number of rotatable bonds is 3.